The summed E-state index contributed by atoms with van der Waals surface area (Å²) in [5, 5.41) is 12.5. The molecule has 0 unspecified atom stereocenters. The van der Waals surface area contributed by atoms with Crippen molar-refractivity contribution in [2.24, 2.45) is 0 Å². The Morgan fingerprint density at radius 1 is 1.50 bits per heavy atom. The second-order valence-corrected chi connectivity index (χ2v) is 5.45. The molecule has 5 nitrogen and oxygen atoms in total. The summed E-state index contributed by atoms with van der Waals surface area (Å²) in [6.45, 7) is 3.40. The molecule has 20 heavy (non-hydrogen) atoms. The first-order valence-electron chi connectivity index (χ1n) is 6.68. The Bertz CT molecular complexity index is 583. The van der Waals surface area contributed by atoms with Crippen molar-refractivity contribution in [2.45, 2.75) is 26.2 Å². The zero-order chi connectivity index (χ0) is 14.4. The number of ether oxygens (including phenoxy) is 1. The molecule has 2 aromatic rings. The minimum Gasteiger partial charge on any atom is -0.494 e. The zero-order valence-electron chi connectivity index (χ0n) is 11.4. The average molecular weight is 294 g/mol. The first-order valence-corrected chi connectivity index (χ1v) is 7.49. The number of thiazole rings is 1. The standard InChI is InChI=1S/C14H18N2O3S/c1-2-8-19-10-5-6-11-12(9-10)20-14(16-11)15-7-3-4-13(17)18/h5-6,9H,2-4,7-8H2,1H3,(H,15,16)(H,17,18). The number of hydrogen-bond acceptors (Lipinski definition) is 5. The van der Waals surface area contributed by atoms with E-state index in [1.807, 2.05) is 18.2 Å². The molecule has 0 atom stereocenters. The van der Waals surface area contributed by atoms with Crippen LogP contribution >= 0.6 is 11.3 Å². The molecule has 1 aromatic heterocycles. The number of carboxylic acids is 1. The monoisotopic (exact) mass is 294 g/mol. The fourth-order valence-electron chi connectivity index (χ4n) is 1.73. The first-order chi connectivity index (χ1) is 9.69. The molecule has 2 rings (SSSR count). The number of benzene rings is 1. The number of fused-ring (bicyclic) bond motifs is 1. The van der Waals surface area contributed by atoms with Crippen LogP contribution < -0.4 is 10.1 Å². The SMILES string of the molecule is CCCOc1ccc2nc(NCCCC(=O)O)sc2c1. The first kappa shape index (κ1) is 14.6. The van der Waals surface area contributed by atoms with Crippen molar-refractivity contribution < 1.29 is 14.6 Å². The van der Waals surface area contributed by atoms with Crippen LogP contribution in [-0.2, 0) is 4.79 Å². The maximum absolute atomic E-state index is 10.4. The Balaban J connectivity index is 1.96. The van der Waals surface area contributed by atoms with E-state index in [-0.39, 0.29) is 6.42 Å². The molecule has 0 fully saturated rings. The van der Waals surface area contributed by atoms with E-state index in [0.717, 1.165) is 27.5 Å². The highest BCUT2D eigenvalue weighted by atomic mass is 32.1. The van der Waals surface area contributed by atoms with Gasteiger partial charge in [0.25, 0.3) is 0 Å². The maximum atomic E-state index is 10.4. The highest BCUT2D eigenvalue weighted by Gasteiger charge is 2.05. The van der Waals surface area contributed by atoms with Crippen LogP contribution in [0.25, 0.3) is 10.2 Å². The van der Waals surface area contributed by atoms with Gasteiger partial charge in [0.1, 0.15) is 5.75 Å². The molecule has 0 saturated heterocycles. The summed E-state index contributed by atoms with van der Waals surface area (Å²) in [5.74, 6) is 0.0919. The molecular weight excluding hydrogens is 276 g/mol. The van der Waals surface area contributed by atoms with Crippen molar-refractivity contribution in [1.82, 2.24) is 4.98 Å². The number of aromatic nitrogens is 1. The van der Waals surface area contributed by atoms with Gasteiger partial charge in [-0.1, -0.05) is 18.3 Å². The van der Waals surface area contributed by atoms with E-state index in [9.17, 15) is 4.79 Å². The fourth-order valence-corrected chi connectivity index (χ4v) is 2.65. The van der Waals surface area contributed by atoms with Crippen LogP contribution in [0, 0.1) is 0 Å². The lowest BCUT2D eigenvalue weighted by Gasteiger charge is -2.02. The molecule has 1 heterocycles. The fraction of sp³-hybridized carbons (Fsp3) is 0.429. The molecule has 0 amide bonds. The van der Waals surface area contributed by atoms with Gasteiger partial charge < -0.3 is 15.2 Å². The Morgan fingerprint density at radius 2 is 2.35 bits per heavy atom. The number of rotatable bonds is 8. The summed E-state index contributed by atoms with van der Waals surface area (Å²) in [5.41, 5.74) is 0.930. The number of anilines is 1. The molecule has 1 aromatic carbocycles. The van der Waals surface area contributed by atoms with Crippen LogP contribution in [0.5, 0.6) is 5.75 Å². The highest BCUT2D eigenvalue weighted by Crippen LogP contribution is 2.29. The third-order valence-electron chi connectivity index (χ3n) is 2.68. The molecule has 6 heteroatoms. The molecule has 0 bridgehead atoms. The number of carboxylic acid groups (broad SMARTS) is 1. The third kappa shape index (κ3) is 4.09. The van der Waals surface area contributed by atoms with Crippen molar-refractivity contribution >= 4 is 32.7 Å². The van der Waals surface area contributed by atoms with E-state index in [1.54, 1.807) is 11.3 Å². The topological polar surface area (TPSA) is 71.5 Å². The van der Waals surface area contributed by atoms with Gasteiger partial charge in [-0.15, -0.1) is 0 Å². The van der Waals surface area contributed by atoms with E-state index in [4.69, 9.17) is 9.84 Å². The van der Waals surface area contributed by atoms with E-state index >= 15 is 0 Å². The predicted octanol–water partition coefficient (Wildman–Crippen LogP) is 3.36. The third-order valence-corrected chi connectivity index (χ3v) is 3.65. The number of hydrogen-bond donors (Lipinski definition) is 2. The van der Waals surface area contributed by atoms with Gasteiger partial charge in [-0.05, 0) is 31.0 Å². The number of carbonyl (C=O) groups is 1. The lowest BCUT2D eigenvalue weighted by atomic mass is 10.3. The van der Waals surface area contributed by atoms with Crippen LogP contribution in [0.15, 0.2) is 18.2 Å². The summed E-state index contributed by atoms with van der Waals surface area (Å²) in [4.78, 5) is 14.9. The summed E-state index contributed by atoms with van der Waals surface area (Å²) in [7, 11) is 0. The van der Waals surface area contributed by atoms with Gasteiger partial charge in [0, 0.05) is 13.0 Å². The summed E-state index contributed by atoms with van der Waals surface area (Å²) < 4.78 is 6.66. The second-order valence-electron chi connectivity index (χ2n) is 4.42. The summed E-state index contributed by atoms with van der Waals surface area (Å²) in [6, 6.07) is 5.86. The second kappa shape index (κ2) is 7.09. The maximum Gasteiger partial charge on any atom is 0.303 e. The van der Waals surface area contributed by atoms with Crippen molar-refractivity contribution in [3.05, 3.63) is 18.2 Å². The Labute approximate surface area is 121 Å². The lowest BCUT2D eigenvalue weighted by Crippen LogP contribution is -2.04. The summed E-state index contributed by atoms with van der Waals surface area (Å²) >= 11 is 1.55. The van der Waals surface area contributed by atoms with Crippen LogP contribution in [0.3, 0.4) is 0 Å². The van der Waals surface area contributed by atoms with Crippen molar-refractivity contribution in [1.29, 1.82) is 0 Å². The minimum absolute atomic E-state index is 0.174. The van der Waals surface area contributed by atoms with Crippen LogP contribution in [-0.4, -0.2) is 29.2 Å². The van der Waals surface area contributed by atoms with E-state index < -0.39 is 5.97 Å². The van der Waals surface area contributed by atoms with E-state index in [2.05, 4.69) is 17.2 Å². The molecule has 2 N–H and O–H groups in total. The van der Waals surface area contributed by atoms with Gasteiger partial charge >= 0.3 is 5.97 Å². The Kier molecular flexibility index (Phi) is 5.17. The molecule has 0 aliphatic heterocycles. The van der Waals surface area contributed by atoms with Gasteiger partial charge in [0.05, 0.1) is 16.8 Å². The van der Waals surface area contributed by atoms with Crippen molar-refractivity contribution in [2.75, 3.05) is 18.5 Å². The number of nitrogens with zero attached hydrogens (tertiary/aromatic N) is 1. The molecular formula is C14H18N2O3S. The quantitative estimate of drug-likeness (QED) is 0.730. The Morgan fingerprint density at radius 3 is 3.10 bits per heavy atom. The normalized spacial score (nSPS) is 10.7. The van der Waals surface area contributed by atoms with Gasteiger partial charge in [-0.3, -0.25) is 4.79 Å². The van der Waals surface area contributed by atoms with Crippen molar-refractivity contribution in [3.8, 4) is 5.75 Å². The molecule has 0 spiro atoms. The average Bonchev–Trinajstić information content (AvgIpc) is 2.83. The van der Waals surface area contributed by atoms with Gasteiger partial charge in [0.2, 0.25) is 0 Å². The number of aliphatic carboxylic acids is 1. The highest BCUT2D eigenvalue weighted by molar-refractivity contribution is 7.22. The van der Waals surface area contributed by atoms with Gasteiger partial charge in [0.15, 0.2) is 5.13 Å². The molecule has 0 aliphatic rings. The number of nitrogens with one attached hydrogen (secondary N) is 1. The summed E-state index contributed by atoms with van der Waals surface area (Å²) in [6.07, 6.45) is 1.75. The van der Waals surface area contributed by atoms with Crippen LogP contribution in [0.1, 0.15) is 26.2 Å². The van der Waals surface area contributed by atoms with Crippen molar-refractivity contribution in [3.63, 3.8) is 0 Å². The Hall–Kier alpha value is -1.82. The molecule has 0 saturated carbocycles. The van der Waals surface area contributed by atoms with Crippen LogP contribution in [0.2, 0.25) is 0 Å². The smallest absolute Gasteiger partial charge is 0.303 e. The largest absolute Gasteiger partial charge is 0.494 e. The molecule has 108 valence electrons. The van der Waals surface area contributed by atoms with Gasteiger partial charge in [-0.25, -0.2) is 4.98 Å². The predicted molar refractivity (Wildman–Crippen MR) is 80.8 cm³/mol. The molecule has 0 radical (unpaired) electrons. The van der Waals surface area contributed by atoms with Gasteiger partial charge in [-0.2, -0.15) is 0 Å². The minimum atomic E-state index is -0.770. The van der Waals surface area contributed by atoms with E-state index in [1.165, 1.54) is 0 Å². The lowest BCUT2D eigenvalue weighted by molar-refractivity contribution is -0.137. The van der Waals surface area contributed by atoms with Crippen LogP contribution in [0.4, 0.5) is 5.13 Å². The van der Waals surface area contributed by atoms with E-state index in [0.29, 0.717) is 19.6 Å². The zero-order valence-corrected chi connectivity index (χ0v) is 12.2. The molecule has 0 aliphatic carbocycles.